The molecule has 0 spiro atoms. The summed E-state index contributed by atoms with van der Waals surface area (Å²) in [5.74, 6) is 0.130. The Morgan fingerprint density at radius 2 is 1.83 bits per heavy atom. The monoisotopic (exact) mass is 284 g/mol. The molecule has 0 aromatic heterocycles. The third kappa shape index (κ3) is 6.83. The lowest BCUT2D eigenvalue weighted by atomic mass is 10.0. The van der Waals surface area contributed by atoms with Crippen LogP contribution in [0.5, 0.6) is 0 Å². The van der Waals surface area contributed by atoms with E-state index in [4.69, 9.17) is 23.6 Å². The minimum absolute atomic E-state index is 0.127. The van der Waals surface area contributed by atoms with Gasteiger partial charge in [-0.1, -0.05) is 6.92 Å². The highest BCUT2D eigenvalue weighted by Crippen LogP contribution is 2.48. The second-order valence-electron chi connectivity index (χ2n) is 4.11. The molecule has 0 aromatic rings. The van der Waals surface area contributed by atoms with E-state index in [1.165, 1.54) is 21.3 Å². The van der Waals surface area contributed by atoms with Crippen LogP contribution in [-0.4, -0.2) is 52.1 Å². The summed E-state index contributed by atoms with van der Waals surface area (Å²) in [5, 5.41) is 8.83. The zero-order valence-electron chi connectivity index (χ0n) is 11.6. The molecule has 7 heteroatoms. The molecule has 0 radical (unpaired) electrons. The molecule has 0 aliphatic heterocycles. The summed E-state index contributed by atoms with van der Waals surface area (Å²) in [5.41, 5.74) is 0. The second-order valence-corrected chi connectivity index (χ2v) is 6.43. The van der Waals surface area contributed by atoms with Gasteiger partial charge in [0, 0.05) is 27.9 Å². The molecule has 110 valence electrons. The summed E-state index contributed by atoms with van der Waals surface area (Å²) in [6.45, 7) is 2.24. The molecule has 2 atom stereocenters. The Morgan fingerprint density at radius 3 is 2.28 bits per heavy atom. The van der Waals surface area contributed by atoms with E-state index in [0.717, 1.165) is 6.42 Å². The van der Waals surface area contributed by atoms with Crippen LogP contribution in [0.15, 0.2) is 0 Å². The van der Waals surface area contributed by atoms with Crippen molar-refractivity contribution < 1.29 is 28.2 Å². The van der Waals surface area contributed by atoms with Crippen LogP contribution in [0, 0.1) is 5.92 Å². The molecule has 0 rings (SSSR count). The van der Waals surface area contributed by atoms with Gasteiger partial charge in [0.1, 0.15) is 6.79 Å². The predicted octanol–water partition coefficient (Wildman–Crippen LogP) is 1.87. The highest BCUT2D eigenvalue weighted by atomic mass is 31.2. The lowest BCUT2D eigenvalue weighted by Crippen LogP contribution is -2.28. The number of aliphatic hydroxyl groups excluding tert-OH is 1. The lowest BCUT2D eigenvalue weighted by molar-refractivity contribution is -0.0830. The molecular weight excluding hydrogens is 259 g/mol. The first-order valence-electron chi connectivity index (χ1n) is 5.95. The Labute approximate surface area is 109 Å². The number of methoxy groups -OCH3 is 1. The van der Waals surface area contributed by atoms with Crippen LogP contribution in [-0.2, 0) is 23.1 Å². The Morgan fingerprint density at radius 1 is 1.22 bits per heavy atom. The number of hydrogen-bond acceptors (Lipinski definition) is 6. The molecular formula is C11H25O6P. The minimum atomic E-state index is -3.11. The molecule has 0 aliphatic rings. The Hall–Kier alpha value is 0.0300. The highest BCUT2D eigenvalue weighted by molar-refractivity contribution is 7.53. The van der Waals surface area contributed by atoms with E-state index >= 15 is 0 Å². The molecule has 0 saturated carbocycles. The maximum atomic E-state index is 12.1. The number of hydrogen-bond donors (Lipinski definition) is 1. The average molecular weight is 284 g/mol. The summed E-state index contributed by atoms with van der Waals surface area (Å²) in [6.07, 6.45) is 1.34. The molecule has 0 aliphatic carbocycles. The SMILES string of the molecule is COCOC(CP(=O)(OC)OC)[C@@H](C)CCCO. The molecule has 1 unspecified atom stereocenters. The first-order chi connectivity index (χ1) is 8.52. The van der Waals surface area contributed by atoms with Crippen LogP contribution in [0.25, 0.3) is 0 Å². The molecule has 6 nitrogen and oxygen atoms in total. The van der Waals surface area contributed by atoms with Gasteiger partial charge >= 0.3 is 7.60 Å². The normalized spacial score (nSPS) is 15.6. The van der Waals surface area contributed by atoms with E-state index < -0.39 is 7.60 Å². The van der Waals surface area contributed by atoms with Gasteiger partial charge in [-0.3, -0.25) is 4.57 Å². The van der Waals surface area contributed by atoms with Crippen molar-refractivity contribution in [3.8, 4) is 0 Å². The van der Waals surface area contributed by atoms with Crippen molar-refractivity contribution in [1.82, 2.24) is 0 Å². The molecule has 0 amide bonds. The molecule has 0 heterocycles. The third-order valence-electron chi connectivity index (χ3n) is 2.81. The van der Waals surface area contributed by atoms with Crippen LogP contribution < -0.4 is 0 Å². The maximum Gasteiger partial charge on any atom is 0.332 e. The van der Waals surface area contributed by atoms with Crippen LogP contribution in [0.2, 0.25) is 0 Å². The fourth-order valence-corrected chi connectivity index (χ4v) is 2.95. The van der Waals surface area contributed by atoms with E-state index in [1.807, 2.05) is 6.92 Å². The Kier molecular flexibility index (Phi) is 9.91. The first-order valence-corrected chi connectivity index (χ1v) is 7.67. The smallest absolute Gasteiger partial charge is 0.332 e. The highest BCUT2D eigenvalue weighted by Gasteiger charge is 2.30. The van der Waals surface area contributed by atoms with E-state index in [0.29, 0.717) is 6.42 Å². The van der Waals surface area contributed by atoms with Crippen molar-refractivity contribution in [2.45, 2.75) is 25.9 Å². The molecule has 0 bridgehead atoms. The van der Waals surface area contributed by atoms with Gasteiger partial charge < -0.3 is 23.6 Å². The van der Waals surface area contributed by atoms with Crippen molar-refractivity contribution in [2.75, 3.05) is 40.9 Å². The summed E-state index contributed by atoms with van der Waals surface area (Å²) in [4.78, 5) is 0. The van der Waals surface area contributed by atoms with E-state index in [2.05, 4.69) is 0 Å². The van der Waals surface area contributed by atoms with Gasteiger partial charge in [-0.25, -0.2) is 0 Å². The third-order valence-corrected chi connectivity index (χ3v) is 4.73. The predicted molar refractivity (Wildman–Crippen MR) is 68.7 cm³/mol. The van der Waals surface area contributed by atoms with Gasteiger partial charge in [0.25, 0.3) is 0 Å². The Balaban J connectivity index is 4.50. The molecule has 18 heavy (non-hydrogen) atoms. The van der Waals surface area contributed by atoms with Crippen molar-refractivity contribution in [1.29, 1.82) is 0 Å². The number of rotatable bonds is 11. The summed E-state index contributed by atoms with van der Waals surface area (Å²) in [7, 11) is 1.14. The van der Waals surface area contributed by atoms with E-state index in [-0.39, 0.29) is 31.6 Å². The topological polar surface area (TPSA) is 74.2 Å². The van der Waals surface area contributed by atoms with Crippen molar-refractivity contribution in [3.05, 3.63) is 0 Å². The van der Waals surface area contributed by atoms with Gasteiger partial charge in [0.2, 0.25) is 0 Å². The fourth-order valence-electron chi connectivity index (χ4n) is 1.60. The minimum Gasteiger partial charge on any atom is -0.396 e. The van der Waals surface area contributed by atoms with Crippen molar-refractivity contribution in [3.63, 3.8) is 0 Å². The lowest BCUT2D eigenvalue weighted by Gasteiger charge is -2.26. The van der Waals surface area contributed by atoms with Gasteiger partial charge in [0.15, 0.2) is 0 Å². The zero-order chi connectivity index (χ0) is 14.0. The van der Waals surface area contributed by atoms with E-state index in [1.54, 1.807) is 0 Å². The zero-order valence-corrected chi connectivity index (χ0v) is 12.5. The van der Waals surface area contributed by atoms with Gasteiger partial charge in [-0.2, -0.15) is 0 Å². The molecule has 0 saturated heterocycles. The van der Waals surface area contributed by atoms with Crippen LogP contribution in [0.3, 0.4) is 0 Å². The number of aliphatic hydroxyl groups is 1. The molecule has 0 aromatic carbocycles. The van der Waals surface area contributed by atoms with Gasteiger partial charge in [-0.15, -0.1) is 0 Å². The summed E-state index contributed by atoms with van der Waals surface area (Å²) < 4.78 is 32.3. The van der Waals surface area contributed by atoms with Crippen LogP contribution in [0.4, 0.5) is 0 Å². The fraction of sp³-hybridized carbons (Fsp3) is 1.00. The van der Waals surface area contributed by atoms with Crippen LogP contribution >= 0.6 is 7.60 Å². The maximum absolute atomic E-state index is 12.1. The van der Waals surface area contributed by atoms with Crippen molar-refractivity contribution >= 4 is 7.60 Å². The summed E-state index contributed by atoms with van der Waals surface area (Å²) >= 11 is 0. The van der Waals surface area contributed by atoms with E-state index in [9.17, 15) is 4.57 Å². The Bertz CT molecular complexity index is 240. The molecule has 0 fully saturated rings. The first kappa shape index (κ1) is 18.0. The van der Waals surface area contributed by atoms with Gasteiger partial charge in [0.05, 0.1) is 12.3 Å². The molecule has 1 N–H and O–H groups in total. The number of ether oxygens (including phenoxy) is 2. The summed E-state index contributed by atoms with van der Waals surface area (Å²) in [6, 6.07) is 0. The second kappa shape index (κ2) is 9.89. The standard InChI is InChI=1S/C11H25O6P/c1-10(6-5-7-12)11(17-9-14-2)8-18(13,15-3)16-4/h10-12H,5-9H2,1-4H3/t10-,11?/m0/s1. The average Bonchev–Trinajstić information content (AvgIpc) is 2.40. The quantitative estimate of drug-likeness (QED) is 0.461. The van der Waals surface area contributed by atoms with Gasteiger partial charge in [-0.05, 0) is 18.8 Å². The largest absolute Gasteiger partial charge is 0.396 e. The van der Waals surface area contributed by atoms with Crippen LogP contribution in [0.1, 0.15) is 19.8 Å². The van der Waals surface area contributed by atoms with Crippen molar-refractivity contribution in [2.24, 2.45) is 5.92 Å².